The Morgan fingerprint density at radius 1 is 1.28 bits per heavy atom. The fraction of sp³-hybridized carbons (Fsp3) is 0.154. The minimum atomic E-state index is -0.216. The number of carbonyl (C=O) groups is 1. The normalized spacial score (nSPS) is 10.0. The third-order valence-corrected chi connectivity index (χ3v) is 3.14. The van der Waals surface area contributed by atoms with E-state index in [-0.39, 0.29) is 18.3 Å². The summed E-state index contributed by atoms with van der Waals surface area (Å²) in [6.45, 7) is 0.392. The van der Waals surface area contributed by atoms with Gasteiger partial charge in [-0.15, -0.1) is 11.3 Å². The molecule has 4 nitrogen and oxygen atoms in total. The molecule has 0 unspecified atom stereocenters. The van der Waals surface area contributed by atoms with E-state index in [2.05, 4.69) is 5.32 Å². The van der Waals surface area contributed by atoms with Crippen LogP contribution >= 0.6 is 11.3 Å². The Kier molecular flexibility index (Phi) is 4.20. The summed E-state index contributed by atoms with van der Waals surface area (Å²) in [5, 5.41) is 14.1. The van der Waals surface area contributed by atoms with Crippen LogP contribution in [0.1, 0.15) is 4.88 Å². The predicted octanol–water partition coefficient (Wildman–Crippen LogP) is 2.15. The van der Waals surface area contributed by atoms with Gasteiger partial charge in [-0.3, -0.25) is 4.79 Å². The highest BCUT2D eigenvalue weighted by atomic mass is 32.1. The summed E-state index contributed by atoms with van der Waals surface area (Å²) in [5.74, 6) is 0.124. The molecule has 5 heteroatoms. The van der Waals surface area contributed by atoms with Gasteiger partial charge in [-0.05, 0) is 23.6 Å². The molecule has 0 atom stereocenters. The van der Waals surface area contributed by atoms with Crippen molar-refractivity contribution >= 4 is 17.2 Å². The number of aromatic hydroxyl groups is 1. The van der Waals surface area contributed by atoms with Crippen LogP contribution in [0.5, 0.6) is 11.5 Å². The summed E-state index contributed by atoms with van der Waals surface area (Å²) in [6, 6.07) is 10.4. The molecular weight excluding hydrogens is 250 g/mol. The molecule has 0 bridgehead atoms. The summed E-state index contributed by atoms with van der Waals surface area (Å²) >= 11 is 1.59. The lowest BCUT2D eigenvalue weighted by molar-refractivity contribution is -0.123. The lowest BCUT2D eigenvalue weighted by Crippen LogP contribution is -2.28. The van der Waals surface area contributed by atoms with Crippen molar-refractivity contribution in [2.45, 2.75) is 6.54 Å². The van der Waals surface area contributed by atoms with Crippen LogP contribution in [0.4, 0.5) is 0 Å². The second kappa shape index (κ2) is 6.07. The number of phenolic OH excluding ortho intramolecular Hbond substituents is 1. The highest BCUT2D eigenvalue weighted by Crippen LogP contribution is 2.23. The van der Waals surface area contributed by atoms with Crippen molar-refractivity contribution in [1.82, 2.24) is 5.32 Å². The quantitative estimate of drug-likeness (QED) is 0.869. The maximum absolute atomic E-state index is 11.5. The molecule has 0 aliphatic carbocycles. The van der Waals surface area contributed by atoms with Gasteiger partial charge in [0, 0.05) is 4.88 Å². The molecule has 1 heterocycles. The lowest BCUT2D eigenvalue weighted by atomic mass is 10.3. The number of hydrogen-bond acceptors (Lipinski definition) is 4. The van der Waals surface area contributed by atoms with Gasteiger partial charge in [0.2, 0.25) is 0 Å². The van der Waals surface area contributed by atoms with Crippen molar-refractivity contribution in [3.05, 3.63) is 46.7 Å². The van der Waals surface area contributed by atoms with Crippen molar-refractivity contribution in [2.75, 3.05) is 6.61 Å². The van der Waals surface area contributed by atoms with Gasteiger partial charge >= 0.3 is 0 Å². The van der Waals surface area contributed by atoms with Crippen LogP contribution in [0.3, 0.4) is 0 Å². The first-order valence-corrected chi connectivity index (χ1v) is 6.33. The zero-order valence-electron chi connectivity index (χ0n) is 9.63. The SMILES string of the molecule is O=C(COc1ccccc1O)NCc1cccs1. The fourth-order valence-electron chi connectivity index (χ4n) is 1.37. The molecule has 0 aliphatic heterocycles. The molecule has 0 aliphatic rings. The number of ether oxygens (including phenoxy) is 1. The molecule has 1 amide bonds. The van der Waals surface area contributed by atoms with Crippen LogP contribution in [0.25, 0.3) is 0 Å². The Bertz CT molecular complexity index is 511. The molecule has 0 radical (unpaired) electrons. The molecule has 0 saturated heterocycles. The third kappa shape index (κ3) is 3.49. The van der Waals surface area contributed by atoms with E-state index in [1.54, 1.807) is 29.5 Å². The van der Waals surface area contributed by atoms with E-state index in [4.69, 9.17) is 4.74 Å². The number of rotatable bonds is 5. The summed E-state index contributed by atoms with van der Waals surface area (Å²) in [4.78, 5) is 12.6. The van der Waals surface area contributed by atoms with Gasteiger partial charge < -0.3 is 15.2 Å². The first-order chi connectivity index (χ1) is 8.75. The molecular formula is C13H13NO3S. The summed E-state index contributed by atoms with van der Waals surface area (Å²) in [5.41, 5.74) is 0. The Morgan fingerprint density at radius 2 is 2.11 bits per heavy atom. The minimum Gasteiger partial charge on any atom is -0.504 e. The number of nitrogens with one attached hydrogen (secondary N) is 1. The molecule has 0 fully saturated rings. The van der Waals surface area contributed by atoms with E-state index in [0.717, 1.165) is 4.88 Å². The van der Waals surface area contributed by atoms with Crippen molar-refractivity contribution in [2.24, 2.45) is 0 Å². The zero-order chi connectivity index (χ0) is 12.8. The Labute approximate surface area is 109 Å². The summed E-state index contributed by atoms with van der Waals surface area (Å²) in [7, 11) is 0. The molecule has 94 valence electrons. The highest BCUT2D eigenvalue weighted by Gasteiger charge is 2.05. The maximum Gasteiger partial charge on any atom is 0.258 e. The van der Waals surface area contributed by atoms with Crippen molar-refractivity contribution in [3.63, 3.8) is 0 Å². The topological polar surface area (TPSA) is 58.6 Å². The molecule has 2 N–H and O–H groups in total. The molecule has 18 heavy (non-hydrogen) atoms. The number of phenols is 1. The highest BCUT2D eigenvalue weighted by molar-refractivity contribution is 7.09. The lowest BCUT2D eigenvalue weighted by Gasteiger charge is -2.07. The Balaban J connectivity index is 1.77. The number of thiophene rings is 1. The van der Waals surface area contributed by atoms with Crippen LogP contribution < -0.4 is 10.1 Å². The van der Waals surface area contributed by atoms with Crippen LogP contribution in [0.15, 0.2) is 41.8 Å². The zero-order valence-corrected chi connectivity index (χ0v) is 10.4. The van der Waals surface area contributed by atoms with Gasteiger partial charge in [0.1, 0.15) is 0 Å². The number of hydrogen-bond donors (Lipinski definition) is 2. The smallest absolute Gasteiger partial charge is 0.258 e. The molecule has 0 spiro atoms. The number of amides is 1. The van der Waals surface area contributed by atoms with Gasteiger partial charge in [-0.25, -0.2) is 0 Å². The van der Waals surface area contributed by atoms with Crippen LogP contribution in [-0.4, -0.2) is 17.6 Å². The van der Waals surface area contributed by atoms with Crippen LogP contribution in [0.2, 0.25) is 0 Å². The van der Waals surface area contributed by atoms with Crippen LogP contribution in [-0.2, 0) is 11.3 Å². The average molecular weight is 263 g/mol. The van der Waals surface area contributed by atoms with E-state index >= 15 is 0 Å². The first-order valence-electron chi connectivity index (χ1n) is 5.45. The number of para-hydroxylation sites is 2. The minimum absolute atomic E-state index is 0.0311. The largest absolute Gasteiger partial charge is 0.504 e. The van der Waals surface area contributed by atoms with Crippen molar-refractivity contribution in [3.8, 4) is 11.5 Å². The van der Waals surface area contributed by atoms with E-state index in [1.807, 2.05) is 17.5 Å². The molecule has 1 aromatic carbocycles. The molecule has 2 rings (SSSR count). The van der Waals surface area contributed by atoms with E-state index < -0.39 is 0 Å². The van der Waals surface area contributed by atoms with Gasteiger partial charge in [0.05, 0.1) is 6.54 Å². The Hall–Kier alpha value is -2.01. The van der Waals surface area contributed by atoms with Gasteiger partial charge in [0.15, 0.2) is 18.1 Å². The third-order valence-electron chi connectivity index (χ3n) is 2.26. The second-order valence-corrected chi connectivity index (χ2v) is 4.64. The van der Waals surface area contributed by atoms with Gasteiger partial charge in [-0.1, -0.05) is 18.2 Å². The van der Waals surface area contributed by atoms with Crippen molar-refractivity contribution in [1.29, 1.82) is 0 Å². The van der Waals surface area contributed by atoms with Crippen LogP contribution in [0, 0.1) is 0 Å². The van der Waals surface area contributed by atoms with E-state index in [9.17, 15) is 9.90 Å². The number of carbonyl (C=O) groups excluding carboxylic acids is 1. The fourth-order valence-corrected chi connectivity index (χ4v) is 2.02. The first kappa shape index (κ1) is 12.4. The van der Waals surface area contributed by atoms with Gasteiger partial charge in [-0.2, -0.15) is 0 Å². The number of benzene rings is 1. The monoisotopic (exact) mass is 263 g/mol. The average Bonchev–Trinajstić information content (AvgIpc) is 2.88. The summed E-state index contributed by atoms with van der Waals surface area (Å²) < 4.78 is 5.21. The van der Waals surface area contributed by atoms with E-state index in [1.165, 1.54) is 6.07 Å². The maximum atomic E-state index is 11.5. The summed E-state index contributed by atoms with van der Waals surface area (Å²) in [6.07, 6.45) is 0. The van der Waals surface area contributed by atoms with E-state index in [0.29, 0.717) is 12.3 Å². The Morgan fingerprint density at radius 3 is 2.83 bits per heavy atom. The van der Waals surface area contributed by atoms with Crippen molar-refractivity contribution < 1.29 is 14.6 Å². The second-order valence-electron chi connectivity index (χ2n) is 3.61. The predicted molar refractivity (Wildman–Crippen MR) is 69.8 cm³/mol. The molecule has 0 saturated carbocycles. The molecule has 2 aromatic rings. The standard InChI is InChI=1S/C13H13NO3S/c15-11-5-1-2-6-12(11)17-9-13(16)14-8-10-4-3-7-18-10/h1-7,15H,8-9H2,(H,14,16). The molecule has 1 aromatic heterocycles. The van der Waals surface area contributed by atoms with Gasteiger partial charge in [0.25, 0.3) is 5.91 Å².